The van der Waals surface area contributed by atoms with Gasteiger partial charge in [-0.1, -0.05) is 72.3 Å². The third-order valence-corrected chi connectivity index (χ3v) is 6.48. The van der Waals surface area contributed by atoms with E-state index in [0.29, 0.717) is 10.5 Å². The Morgan fingerprint density at radius 1 is 0.767 bits per heavy atom. The molecule has 0 spiro atoms. The van der Waals surface area contributed by atoms with Crippen molar-refractivity contribution in [2.24, 2.45) is 0 Å². The van der Waals surface area contributed by atoms with Crippen LogP contribution in [0.1, 0.15) is 37.5 Å². The molecule has 30 heavy (non-hydrogen) atoms. The summed E-state index contributed by atoms with van der Waals surface area (Å²) in [5.74, 6) is 0. The van der Waals surface area contributed by atoms with Crippen LogP contribution < -0.4 is 10.0 Å². The maximum Gasteiger partial charge on any atom is 0.241 e. The van der Waals surface area contributed by atoms with Crippen molar-refractivity contribution in [2.45, 2.75) is 51.2 Å². The zero-order valence-electron chi connectivity index (χ0n) is 18.1. The number of nitrogens with one attached hydrogen (secondary N) is 2. The molecule has 0 unspecified atom stereocenters. The van der Waals surface area contributed by atoms with Crippen molar-refractivity contribution < 1.29 is 8.42 Å². The van der Waals surface area contributed by atoms with Gasteiger partial charge in [-0.3, -0.25) is 0 Å². The van der Waals surface area contributed by atoms with Gasteiger partial charge >= 0.3 is 0 Å². The second kappa shape index (κ2) is 9.13. The van der Waals surface area contributed by atoms with Crippen molar-refractivity contribution in [1.82, 2.24) is 10.0 Å². The Kier molecular flexibility index (Phi) is 6.76. The van der Waals surface area contributed by atoms with Crippen LogP contribution in [-0.2, 0) is 23.1 Å². The fourth-order valence-electron chi connectivity index (χ4n) is 3.26. The molecule has 0 saturated heterocycles. The summed E-state index contributed by atoms with van der Waals surface area (Å²) in [6.07, 6.45) is 0. The molecule has 0 saturated carbocycles. The lowest BCUT2D eigenvalue weighted by Crippen LogP contribution is -2.40. The van der Waals surface area contributed by atoms with E-state index in [4.69, 9.17) is 0 Å². The fourth-order valence-corrected chi connectivity index (χ4v) is 4.91. The van der Waals surface area contributed by atoms with Gasteiger partial charge in [-0.15, -0.1) is 0 Å². The fraction of sp³-hybridized carbons (Fsp3) is 0.280. The van der Waals surface area contributed by atoms with Crippen molar-refractivity contribution in [1.29, 1.82) is 0 Å². The van der Waals surface area contributed by atoms with Crippen LogP contribution >= 0.6 is 0 Å². The normalized spacial score (nSPS) is 12.1. The quantitative estimate of drug-likeness (QED) is 0.561. The zero-order chi connectivity index (χ0) is 21.8. The van der Waals surface area contributed by atoms with Crippen molar-refractivity contribution in [2.75, 3.05) is 0 Å². The first kappa shape index (κ1) is 22.2. The third-order valence-electron chi connectivity index (χ3n) is 4.66. The number of hydrogen-bond donors (Lipinski definition) is 2. The van der Waals surface area contributed by atoms with Gasteiger partial charge in [0, 0.05) is 24.2 Å². The molecule has 0 radical (unpaired) electrons. The molecule has 158 valence electrons. The molecular formula is C25H30N2O2S. The highest BCUT2D eigenvalue weighted by molar-refractivity contribution is 7.89. The van der Waals surface area contributed by atoms with Gasteiger partial charge < -0.3 is 5.32 Å². The van der Waals surface area contributed by atoms with Gasteiger partial charge in [0.2, 0.25) is 10.0 Å². The lowest BCUT2D eigenvalue weighted by atomic mass is 10.0. The molecule has 0 aliphatic heterocycles. The van der Waals surface area contributed by atoms with E-state index >= 15 is 0 Å². The lowest BCUT2D eigenvalue weighted by Gasteiger charge is -2.21. The smallest absolute Gasteiger partial charge is 0.241 e. The maximum atomic E-state index is 12.9. The first-order valence-corrected chi connectivity index (χ1v) is 11.6. The molecule has 0 aliphatic rings. The first-order chi connectivity index (χ1) is 14.1. The van der Waals surface area contributed by atoms with Gasteiger partial charge in [-0.25, -0.2) is 13.1 Å². The SMILES string of the molecule is Cc1ccc(CNCc2ccc(-c3ccccc3S(=O)(=O)NC(C)(C)C)cc2)cc1. The van der Waals surface area contributed by atoms with Crippen LogP contribution in [0.4, 0.5) is 0 Å². The molecule has 4 nitrogen and oxygen atoms in total. The summed E-state index contributed by atoms with van der Waals surface area (Å²) in [5, 5.41) is 3.45. The van der Waals surface area contributed by atoms with Crippen molar-refractivity contribution >= 4 is 10.0 Å². The number of rotatable bonds is 7. The van der Waals surface area contributed by atoms with Gasteiger partial charge in [0.1, 0.15) is 0 Å². The topological polar surface area (TPSA) is 58.2 Å². The van der Waals surface area contributed by atoms with E-state index in [0.717, 1.165) is 24.2 Å². The van der Waals surface area contributed by atoms with Gasteiger partial charge in [0.05, 0.1) is 4.90 Å². The van der Waals surface area contributed by atoms with E-state index in [1.807, 2.05) is 57.2 Å². The molecule has 0 aromatic heterocycles. The minimum atomic E-state index is -3.62. The minimum absolute atomic E-state index is 0.296. The van der Waals surface area contributed by atoms with Crippen LogP contribution in [-0.4, -0.2) is 14.0 Å². The van der Waals surface area contributed by atoms with Gasteiger partial charge in [-0.05, 0) is 50.5 Å². The van der Waals surface area contributed by atoms with E-state index < -0.39 is 15.6 Å². The van der Waals surface area contributed by atoms with E-state index in [1.165, 1.54) is 11.1 Å². The van der Waals surface area contributed by atoms with Gasteiger partial charge in [0.15, 0.2) is 0 Å². The van der Waals surface area contributed by atoms with Gasteiger partial charge in [0.25, 0.3) is 0 Å². The van der Waals surface area contributed by atoms with E-state index in [2.05, 4.69) is 41.2 Å². The summed E-state index contributed by atoms with van der Waals surface area (Å²) in [6, 6.07) is 23.7. The molecular weight excluding hydrogens is 392 g/mol. The second-order valence-corrected chi connectivity index (χ2v) is 10.3. The van der Waals surface area contributed by atoms with Crippen molar-refractivity contribution in [3.05, 3.63) is 89.5 Å². The Balaban J connectivity index is 1.73. The zero-order valence-corrected chi connectivity index (χ0v) is 18.9. The highest BCUT2D eigenvalue weighted by atomic mass is 32.2. The van der Waals surface area contributed by atoms with Gasteiger partial charge in [-0.2, -0.15) is 0 Å². The minimum Gasteiger partial charge on any atom is -0.309 e. The molecule has 0 bridgehead atoms. The Morgan fingerprint density at radius 2 is 1.30 bits per heavy atom. The van der Waals surface area contributed by atoms with E-state index in [-0.39, 0.29) is 0 Å². The van der Waals surface area contributed by atoms with Crippen LogP contribution in [0.15, 0.2) is 77.7 Å². The van der Waals surface area contributed by atoms with E-state index in [9.17, 15) is 8.42 Å². The van der Waals surface area contributed by atoms with Crippen LogP contribution in [0.2, 0.25) is 0 Å². The number of hydrogen-bond acceptors (Lipinski definition) is 3. The second-order valence-electron chi connectivity index (χ2n) is 8.64. The molecule has 3 rings (SSSR count). The molecule has 3 aromatic rings. The van der Waals surface area contributed by atoms with Crippen LogP contribution in [0.3, 0.4) is 0 Å². The molecule has 2 N–H and O–H groups in total. The summed E-state index contributed by atoms with van der Waals surface area (Å²) in [7, 11) is -3.62. The monoisotopic (exact) mass is 422 g/mol. The largest absolute Gasteiger partial charge is 0.309 e. The molecule has 5 heteroatoms. The number of aryl methyl sites for hydroxylation is 1. The summed E-state index contributed by atoms with van der Waals surface area (Å²) in [5.41, 5.74) is 4.70. The first-order valence-electron chi connectivity index (χ1n) is 10.1. The van der Waals surface area contributed by atoms with Crippen LogP contribution in [0, 0.1) is 6.92 Å². The predicted octanol–water partition coefficient (Wildman–Crippen LogP) is 5.03. The Hall–Kier alpha value is -2.47. The van der Waals surface area contributed by atoms with Crippen LogP contribution in [0.5, 0.6) is 0 Å². The Labute approximate surface area is 180 Å². The lowest BCUT2D eigenvalue weighted by molar-refractivity contribution is 0.491. The molecule has 0 atom stereocenters. The summed E-state index contributed by atoms with van der Waals surface area (Å²) >= 11 is 0. The Morgan fingerprint density at radius 3 is 1.87 bits per heavy atom. The average molecular weight is 423 g/mol. The predicted molar refractivity (Wildman–Crippen MR) is 124 cm³/mol. The molecule has 0 aliphatic carbocycles. The maximum absolute atomic E-state index is 12.9. The molecule has 0 fully saturated rings. The average Bonchev–Trinajstić information content (AvgIpc) is 2.68. The number of sulfonamides is 1. The summed E-state index contributed by atoms with van der Waals surface area (Å²) in [4.78, 5) is 0.296. The number of benzene rings is 3. The highest BCUT2D eigenvalue weighted by Gasteiger charge is 2.24. The highest BCUT2D eigenvalue weighted by Crippen LogP contribution is 2.28. The van der Waals surface area contributed by atoms with Crippen molar-refractivity contribution in [3.63, 3.8) is 0 Å². The molecule has 3 aromatic carbocycles. The summed E-state index contributed by atoms with van der Waals surface area (Å²) < 4.78 is 28.5. The van der Waals surface area contributed by atoms with E-state index in [1.54, 1.807) is 12.1 Å². The Bertz CT molecular complexity index is 1080. The molecule has 0 amide bonds. The standard InChI is InChI=1S/C25H30N2O2S/c1-19-9-11-20(12-10-19)17-26-18-21-13-15-22(16-14-21)23-7-5-6-8-24(23)30(28,29)27-25(2,3)4/h5-16,26-27H,17-18H2,1-4H3. The third kappa shape index (κ3) is 6.02. The summed E-state index contributed by atoms with van der Waals surface area (Å²) in [6.45, 7) is 9.16. The van der Waals surface area contributed by atoms with Crippen LogP contribution in [0.25, 0.3) is 11.1 Å². The van der Waals surface area contributed by atoms with Crippen molar-refractivity contribution in [3.8, 4) is 11.1 Å². The molecule has 0 heterocycles.